The molecule has 0 spiro atoms. The van der Waals surface area contributed by atoms with E-state index in [2.05, 4.69) is 24.6 Å². The summed E-state index contributed by atoms with van der Waals surface area (Å²) in [5, 5.41) is 9.27. The maximum atomic E-state index is 9.27. The van der Waals surface area contributed by atoms with E-state index in [1.807, 2.05) is 43.1 Å². The Morgan fingerprint density at radius 3 is 2.81 bits per heavy atom. The maximum Gasteiger partial charge on any atom is 0.137 e. The molecule has 0 aliphatic rings. The zero-order valence-corrected chi connectivity index (χ0v) is 13.0. The molecular formula is C18H21N3. The van der Waals surface area contributed by atoms with Crippen molar-refractivity contribution in [2.24, 2.45) is 0 Å². The van der Waals surface area contributed by atoms with Gasteiger partial charge in [-0.05, 0) is 49.4 Å². The average molecular weight is 279 g/mol. The van der Waals surface area contributed by atoms with E-state index < -0.39 is 0 Å². The fourth-order valence-electron chi connectivity index (χ4n) is 2.41. The van der Waals surface area contributed by atoms with Gasteiger partial charge in [-0.15, -0.1) is 0 Å². The van der Waals surface area contributed by atoms with Crippen LogP contribution in [0.4, 0.5) is 0 Å². The van der Waals surface area contributed by atoms with Gasteiger partial charge in [-0.2, -0.15) is 5.26 Å². The van der Waals surface area contributed by atoms with Crippen molar-refractivity contribution in [2.45, 2.75) is 40.0 Å². The quantitative estimate of drug-likeness (QED) is 0.812. The fraction of sp³-hybridized carbons (Fsp3) is 0.333. The Hall–Kier alpha value is -2.34. The van der Waals surface area contributed by atoms with Gasteiger partial charge in [-0.3, -0.25) is 0 Å². The van der Waals surface area contributed by atoms with Crippen LogP contribution in [0.3, 0.4) is 0 Å². The molecule has 0 bridgehead atoms. The molecule has 3 nitrogen and oxygen atoms in total. The minimum atomic E-state index is 0.739. The van der Waals surface area contributed by atoms with Crippen molar-refractivity contribution in [2.75, 3.05) is 0 Å². The van der Waals surface area contributed by atoms with Crippen molar-refractivity contribution in [3.8, 4) is 11.9 Å². The Labute approximate surface area is 126 Å². The molecule has 0 fully saturated rings. The lowest BCUT2D eigenvalue weighted by Gasteiger charge is -2.08. The summed E-state index contributed by atoms with van der Waals surface area (Å²) in [4.78, 5) is 4.47. The molecule has 0 N–H and O–H groups in total. The Kier molecular flexibility index (Phi) is 4.59. The van der Waals surface area contributed by atoms with E-state index in [1.165, 1.54) is 0 Å². The van der Waals surface area contributed by atoms with Crippen molar-refractivity contribution >= 4 is 5.57 Å². The van der Waals surface area contributed by atoms with Crippen LogP contribution in [0.2, 0.25) is 0 Å². The molecule has 0 radical (unpaired) electrons. The largest absolute Gasteiger partial charge is 0.307 e. The van der Waals surface area contributed by atoms with E-state index in [4.69, 9.17) is 0 Å². The van der Waals surface area contributed by atoms with Gasteiger partial charge in [0.15, 0.2) is 0 Å². The third-order valence-corrected chi connectivity index (χ3v) is 3.64. The summed E-state index contributed by atoms with van der Waals surface area (Å²) in [7, 11) is 0. The molecule has 0 atom stereocenters. The summed E-state index contributed by atoms with van der Waals surface area (Å²) in [5.74, 6) is 0.831. The summed E-state index contributed by atoms with van der Waals surface area (Å²) in [6.45, 7) is 10.2. The number of aryl methyl sites for hydroxylation is 2. The van der Waals surface area contributed by atoms with Gasteiger partial charge in [-0.25, -0.2) is 4.98 Å². The number of unbranched alkanes of at least 4 members (excludes halogenated alkanes) is 1. The highest BCUT2D eigenvalue weighted by molar-refractivity contribution is 5.65. The van der Waals surface area contributed by atoms with Gasteiger partial charge in [0, 0.05) is 18.6 Å². The van der Waals surface area contributed by atoms with Crippen molar-refractivity contribution in [3.63, 3.8) is 0 Å². The highest BCUT2D eigenvalue weighted by Crippen LogP contribution is 2.21. The Bertz CT molecular complexity index is 702. The lowest BCUT2D eigenvalue weighted by Crippen LogP contribution is -1.97. The van der Waals surface area contributed by atoms with E-state index in [0.29, 0.717) is 0 Å². The summed E-state index contributed by atoms with van der Waals surface area (Å²) in [5.41, 5.74) is 5.09. The first-order valence-corrected chi connectivity index (χ1v) is 7.30. The first kappa shape index (κ1) is 15.1. The predicted octanol–water partition coefficient (Wildman–Crippen LogP) is 4.43. The Balaban J connectivity index is 2.43. The van der Waals surface area contributed by atoms with E-state index in [1.54, 1.807) is 0 Å². The number of hydrogen-bond donors (Lipinski definition) is 0. The molecule has 0 aliphatic carbocycles. The van der Waals surface area contributed by atoms with Crippen LogP contribution in [0.5, 0.6) is 0 Å². The van der Waals surface area contributed by atoms with Gasteiger partial charge in [0.05, 0.1) is 5.56 Å². The zero-order chi connectivity index (χ0) is 15.4. The van der Waals surface area contributed by atoms with E-state index >= 15 is 0 Å². The van der Waals surface area contributed by atoms with Crippen LogP contribution in [0.25, 0.3) is 11.4 Å². The summed E-state index contributed by atoms with van der Waals surface area (Å²) in [6, 6.07) is 4.31. The molecule has 0 saturated heterocycles. The maximum absolute atomic E-state index is 9.27. The Morgan fingerprint density at radius 1 is 1.43 bits per heavy atom. The zero-order valence-electron chi connectivity index (χ0n) is 13.0. The van der Waals surface area contributed by atoms with Crippen LogP contribution in [-0.4, -0.2) is 9.55 Å². The number of aromatic nitrogens is 2. The van der Waals surface area contributed by atoms with Gasteiger partial charge >= 0.3 is 0 Å². The second kappa shape index (κ2) is 6.41. The molecule has 0 aliphatic heterocycles. The second-order valence-electron chi connectivity index (χ2n) is 5.46. The molecule has 2 rings (SSSR count). The van der Waals surface area contributed by atoms with Crippen LogP contribution in [-0.2, 0) is 6.42 Å². The van der Waals surface area contributed by atoms with Crippen molar-refractivity contribution in [1.29, 1.82) is 5.26 Å². The normalized spacial score (nSPS) is 10.4. The summed E-state index contributed by atoms with van der Waals surface area (Å²) in [6.07, 6.45) is 8.90. The molecule has 108 valence electrons. The van der Waals surface area contributed by atoms with Gasteiger partial charge in [0.1, 0.15) is 11.9 Å². The molecule has 0 aromatic carbocycles. The first-order chi connectivity index (χ1) is 10.1. The third-order valence-electron chi connectivity index (χ3n) is 3.64. The number of nitrogens with zero attached hydrogens (tertiary/aromatic N) is 3. The molecule has 2 aromatic rings. The molecule has 2 heterocycles. The third kappa shape index (κ3) is 3.22. The summed E-state index contributed by atoms with van der Waals surface area (Å²) < 4.78 is 1.94. The lowest BCUT2D eigenvalue weighted by atomic mass is 10.1. The van der Waals surface area contributed by atoms with Crippen LogP contribution in [0, 0.1) is 18.3 Å². The molecule has 3 heteroatoms. The molecule has 2 aromatic heterocycles. The van der Waals surface area contributed by atoms with Crippen molar-refractivity contribution < 1.29 is 0 Å². The van der Waals surface area contributed by atoms with Crippen molar-refractivity contribution in [3.05, 3.63) is 53.5 Å². The highest BCUT2D eigenvalue weighted by Gasteiger charge is 2.09. The summed E-state index contributed by atoms with van der Waals surface area (Å²) >= 11 is 0. The molecule has 0 amide bonds. The standard InChI is InChI=1S/C18H21N3/c1-5-6-7-15-11-21(12-16(15)9-19)18-8-17(13(2)3)14(4)10-20-18/h8,10-12H,2,5-7H2,1,3-4H3. The number of pyridine rings is 1. The van der Waals surface area contributed by atoms with Crippen LogP contribution in [0.1, 0.15) is 48.9 Å². The van der Waals surface area contributed by atoms with Gasteiger partial charge in [0.25, 0.3) is 0 Å². The van der Waals surface area contributed by atoms with Crippen LogP contribution in [0.15, 0.2) is 31.2 Å². The fourth-order valence-corrected chi connectivity index (χ4v) is 2.41. The van der Waals surface area contributed by atoms with Gasteiger partial charge in [-0.1, -0.05) is 25.5 Å². The van der Waals surface area contributed by atoms with Gasteiger partial charge in [0.2, 0.25) is 0 Å². The number of hydrogen-bond acceptors (Lipinski definition) is 2. The van der Waals surface area contributed by atoms with Crippen LogP contribution >= 0.6 is 0 Å². The minimum absolute atomic E-state index is 0.739. The molecule has 0 saturated carbocycles. The highest BCUT2D eigenvalue weighted by atomic mass is 15.0. The van der Waals surface area contributed by atoms with E-state index in [0.717, 1.165) is 52.9 Å². The molecule has 21 heavy (non-hydrogen) atoms. The second-order valence-corrected chi connectivity index (χ2v) is 5.46. The lowest BCUT2D eigenvalue weighted by molar-refractivity contribution is 0.793. The molecule has 0 unspecified atom stereocenters. The Morgan fingerprint density at radius 2 is 2.19 bits per heavy atom. The smallest absolute Gasteiger partial charge is 0.137 e. The minimum Gasteiger partial charge on any atom is -0.307 e. The monoisotopic (exact) mass is 279 g/mol. The average Bonchev–Trinajstić information content (AvgIpc) is 2.88. The van der Waals surface area contributed by atoms with Crippen molar-refractivity contribution in [1.82, 2.24) is 9.55 Å². The SMILES string of the molecule is C=C(C)c1cc(-n2cc(C#N)c(CCCC)c2)ncc1C. The molecular weight excluding hydrogens is 258 g/mol. The van der Waals surface area contributed by atoms with E-state index in [9.17, 15) is 5.26 Å². The predicted molar refractivity (Wildman–Crippen MR) is 86.3 cm³/mol. The van der Waals surface area contributed by atoms with E-state index in [-0.39, 0.29) is 0 Å². The first-order valence-electron chi connectivity index (χ1n) is 7.30. The number of allylic oxidation sites excluding steroid dienone is 1. The topological polar surface area (TPSA) is 41.6 Å². The number of nitriles is 1. The van der Waals surface area contributed by atoms with Crippen LogP contribution < -0.4 is 0 Å². The van der Waals surface area contributed by atoms with Gasteiger partial charge < -0.3 is 4.57 Å². The number of rotatable bonds is 5.